The van der Waals surface area contributed by atoms with Crippen LogP contribution >= 0.6 is 0 Å². The standard InChI is InChI=1S/C27H28FN3O4/c1-17(2)21-12-7-15-35-26-19(10-6-11-20(26)28)23(18-8-4-3-5-9-18)31-16-29(21)27(34)24-25(33)22(32)13-14-30(24)31/h3-6,8-11,13-14,17,21,23,33H,7,12,15-16H2,1-2H3/t21-,23-/m1/s1. The lowest BCUT2D eigenvalue weighted by Crippen LogP contribution is -2.59. The second-order valence-corrected chi connectivity index (χ2v) is 9.35. The summed E-state index contributed by atoms with van der Waals surface area (Å²) in [7, 11) is 0. The van der Waals surface area contributed by atoms with Crippen LogP contribution in [0.5, 0.6) is 11.5 Å². The molecule has 1 amide bonds. The molecule has 2 bridgehead atoms. The highest BCUT2D eigenvalue weighted by Crippen LogP contribution is 2.39. The molecule has 0 fully saturated rings. The molecule has 8 heteroatoms. The van der Waals surface area contributed by atoms with Crippen LogP contribution in [0.1, 0.15) is 54.3 Å². The van der Waals surface area contributed by atoms with Crippen molar-refractivity contribution in [3.63, 3.8) is 0 Å². The third-order valence-corrected chi connectivity index (χ3v) is 6.86. The van der Waals surface area contributed by atoms with E-state index in [0.29, 0.717) is 25.0 Å². The highest BCUT2D eigenvalue weighted by molar-refractivity contribution is 5.96. The summed E-state index contributed by atoms with van der Waals surface area (Å²) < 4.78 is 22.7. The van der Waals surface area contributed by atoms with Gasteiger partial charge in [0.15, 0.2) is 23.0 Å². The summed E-state index contributed by atoms with van der Waals surface area (Å²) in [5.74, 6) is -1.18. The zero-order chi connectivity index (χ0) is 24.7. The number of hydrogen-bond acceptors (Lipinski definition) is 5. The number of rotatable bonds is 2. The predicted octanol–water partition coefficient (Wildman–Crippen LogP) is 4.03. The Labute approximate surface area is 202 Å². The average Bonchev–Trinajstić information content (AvgIpc) is 2.87. The first-order chi connectivity index (χ1) is 16.9. The third-order valence-electron chi connectivity index (χ3n) is 6.86. The van der Waals surface area contributed by atoms with Crippen LogP contribution < -0.4 is 15.2 Å². The normalized spacial score (nSPS) is 20.1. The van der Waals surface area contributed by atoms with Gasteiger partial charge < -0.3 is 14.7 Å². The zero-order valence-electron chi connectivity index (χ0n) is 19.7. The molecule has 0 unspecified atom stereocenters. The van der Waals surface area contributed by atoms with Gasteiger partial charge in [-0.2, -0.15) is 0 Å². The molecule has 2 atom stereocenters. The average molecular weight is 478 g/mol. The maximum atomic E-state index is 15.1. The molecule has 35 heavy (non-hydrogen) atoms. The fourth-order valence-electron chi connectivity index (χ4n) is 5.17. The number of amides is 1. The largest absolute Gasteiger partial charge is 0.502 e. The summed E-state index contributed by atoms with van der Waals surface area (Å²) in [4.78, 5) is 27.8. The molecule has 0 saturated carbocycles. The highest BCUT2D eigenvalue weighted by Gasteiger charge is 2.41. The lowest BCUT2D eigenvalue weighted by atomic mass is 9.95. The van der Waals surface area contributed by atoms with Crippen LogP contribution in [0.25, 0.3) is 0 Å². The number of aromatic hydroxyl groups is 1. The van der Waals surface area contributed by atoms with Gasteiger partial charge in [-0.15, -0.1) is 0 Å². The van der Waals surface area contributed by atoms with Crippen LogP contribution in [-0.2, 0) is 0 Å². The second kappa shape index (κ2) is 9.09. The number of ether oxygens (including phenoxy) is 1. The molecule has 3 heterocycles. The molecular formula is C27H28FN3O4. The molecule has 0 spiro atoms. The molecular weight excluding hydrogens is 449 g/mol. The monoisotopic (exact) mass is 477 g/mol. The van der Waals surface area contributed by atoms with E-state index < -0.39 is 28.9 Å². The molecule has 5 rings (SSSR count). The molecule has 182 valence electrons. The van der Waals surface area contributed by atoms with Crippen LogP contribution in [0, 0.1) is 11.7 Å². The van der Waals surface area contributed by atoms with Crippen LogP contribution in [0.15, 0.2) is 65.6 Å². The van der Waals surface area contributed by atoms with Crippen LogP contribution in [0.3, 0.4) is 0 Å². The van der Waals surface area contributed by atoms with Crippen molar-refractivity contribution in [2.75, 3.05) is 18.3 Å². The number of carbonyl (C=O) groups is 1. The number of hydrogen-bond donors (Lipinski definition) is 1. The van der Waals surface area contributed by atoms with Crippen molar-refractivity contribution in [1.29, 1.82) is 0 Å². The minimum Gasteiger partial charge on any atom is -0.502 e. The highest BCUT2D eigenvalue weighted by atomic mass is 19.1. The van der Waals surface area contributed by atoms with E-state index in [0.717, 1.165) is 5.56 Å². The minimum atomic E-state index is -0.622. The summed E-state index contributed by atoms with van der Waals surface area (Å²) >= 11 is 0. The van der Waals surface area contributed by atoms with E-state index in [4.69, 9.17) is 4.74 Å². The number of fused-ring (bicyclic) bond motifs is 5. The molecule has 2 aliphatic rings. The number of halogens is 1. The van der Waals surface area contributed by atoms with Crippen molar-refractivity contribution >= 4 is 5.91 Å². The molecule has 7 nitrogen and oxygen atoms in total. The number of nitrogens with zero attached hydrogens (tertiary/aromatic N) is 3. The predicted molar refractivity (Wildman–Crippen MR) is 130 cm³/mol. The van der Waals surface area contributed by atoms with Crippen molar-refractivity contribution in [2.45, 2.75) is 38.8 Å². The minimum absolute atomic E-state index is 0.0894. The Morgan fingerprint density at radius 3 is 2.57 bits per heavy atom. The Hall–Kier alpha value is -3.81. The smallest absolute Gasteiger partial charge is 0.278 e. The van der Waals surface area contributed by atoms with Gasteiger partial charge in [0.25, 0.3) is 5.91 Å². The molecule has 0 aliphatic carbocycles. The van der Waals surface area contributed by atoms with Gasteiger partial charge in [-0.3, -0.25) is 19.3 Å². The zero-order valence-corrected chi connectivity index (χ0v) is 19.7. The maximum Gasteiger partial charge on any atom is 0.278 e. The van der Waals surface area contributed by atoms with Gasteiger partial charge in [0.1, 0.15) is 12.7 Å². The van der Waals surface area contributed by atoms with Crippen molar-refractivity contribution in [3.05, 3.63) is 93.7 Å². The lowest BCUT2D eigenvalue weighted by Gasteiger charge is -2.47. The Morgan fingerprint density at radius 1 is 1.06 bits per heavy atom. The third kappa shape index (κ3) is 3.92. The van der Waals surface area contributed by atoms with Crippen molar-refractivity contribution in [2.24, 2.45) is 5.92 Å². The Kier molecular flexibility index (Phi) is 5.96. The second-order valence-electron chi connectivity index (χ2n) is 9.35. The quantitative estimate of drug-likeness (QED) is 0.603. The van der Waals surface area contributed by atoms with Crippen molar-refractivity contribution in [1.82, 2.24) is 9.58 Å². The summed E-state index contributed by atoms with van der Waals surface area (Å²) in [6.45, 7) is 4.57. The number of benzene rings is 2. The molecule has 1 N–H and O–H groups in total. The van der Waals surface area contributed by atoms with Crippen molar-refractivity contribution in [3.8, 4) is 11.5 Å². The van der Waals surface area contributed by atoms with Gasteiger partial charge in [-0.1, -0.05) is 56.3 Å². The SMILES string of the molecule is CC(C)[C@H]1CCCOc2c(F)cccc2[C@@H](c2ccccc2)N2CN1C(=O)c1c(O)c(=O)ccn12. The lowest BCUT2D eigenvalue weighted by molar-refractivity contribution is 0.0510. The number of carbonyl (C=O) groups excluding carboxylic acids is 1. The molecule has 2 aliphatic heterocycles. The topological polar surface area (TPSA) is 75.0 Å². The summed E-state index contributed by atoms with van der Waals surface area (Å²) in [5.41, 5.74) is 0.732. The number of para-hydroxylation sites is 1. The Balaban J connectivity index is 1.82. The first kappa shape index (κ1) is 23.0. The number of pyridine rings is 1. The summed E-state index contributed by atoms with van der Waals surface area (Å²) in [5, 5.41) is 12.6. The molecule has 2 aromatic carbocycles. The first-order valence-electron chi connectivity index (χ1n) is 11.9. The Bertz CT molecular complexity index is 1310. The van der Waals surface area contributed by atoms with E-state index in [9.17, 15) is 14.7 Å². The van der Waals surface area contributed by atoms with E-state index in [1.807, 2.05) is 55.3 Å². The molecule has 0 radical (unpaired) electrons. The van der Waals surface area contributed by atoms with Gasteiger partial charge in [0.2, 0.25) is 5.43 Å². The van der Waals surface area contributed by atoms with Gasteiger partial charge in [-0.25, -0.2) is 4.39 Å². The van der Waals surface area contributed by atoms with E-state index in [-0.39, 0.29) is 30.1 Å². The fourth-order valence-corrected chi connectivity index (χ4v) is 5.17. The van der Waals surface area contributed by atoms with Gasteiger partial charge in [0.05, 0.1) is 6.61 Å². The van der Waals surface area contributed by atoms with Crippen molar-refractivity contribution < 1.29 is 19.0 Å². The number of aromatic nitrogens is 1. The van der Waals surface area contributed by atoms with Gasteiger partial charge in [0, 0.05) is 23.9 Å². The van der Waals surface area contributed by atoms with Crippen LogP contribution in [0.4, 0.5) is 4.39 Å². The molecule has 3 aromatic rings. The molecule has 0 saturated heterocycles. The maximum absolute atomic E-state index is 15.1. The van der Waals surface area contributed by atoms with E-state index in [2.05, 4.69) is 0 Å². The van der Waals surface area contributed by atoms with E-state index in [1.54, 1.807) is 11.0 Å². The van der Waals surface area contributed by atoms with Gasteiger partial charge in [-0.05, 0) is 30.4 Å². The van der Waals surface area contributed by atoms with Crippen LogP contribution in [-0.4, -0.2) is 39.9 Å². The van der Waals surface area contributed by atoms with Crippen LogP contribution in [0.2, 0.25) is 0 Å². The Morgan fingerprint density at radius 2 is 1.83 bits per heavy atom. The first-order valence-corrected chi connectivity index (χ1v) is 11.9. The van der Waals surface area contributed by atoms with Gasteiger partial charge >= 0.3 is 0 Å². The summed E-state index contributed by atoms with van der Waals surface area (Å²) in [6, 6.07) is 14.9. The molecule has 1 aromatic heterocycles. The fraction of sp³-hybridized carbons (Fsp3) is 0.333. The van der Waals surface area contributed by atoms with E-state index in [1.165, 1.54) is 23.0 Å². The summed E-state index contributed by atoms with van der Waals surface area (Å²) in [6.07, 6.45) is 2.74. The van der Waals surface area contributed by atoms with E-state index >= 15 is 4.39 Å².